The molecule has 1 atom stereocenters. The molecule has 0 saturated carbocycles. The van der Waals surface area contributed by atoms with Crippen LogP contribution in [0.5, 0.6) is 0 Å². The molecule has 0 bridgehead atoms. The third-order valence-corrected chi connectivity index (χ3v) is 6.69. The molecule has 4 heteroatoms. The highest BCUT2D eigenvalue weighted by Crippen LogP contribution is 2.17. The van der Waals surface area contributed by atoms with E-state index in [1.165, 1.54) is 103 Å². The van der Waals surface area contributed by atoms with Crippen molar-refractivity contribution in [3.8, 4) is 0 Å². The number of aliphatic carboxylic acids is 1. The van der Waals surface area contributed by atoms with Crippen LogP contribution >= 0.6 is 0 Å². The first-order chi connectivity index (χ1) is 14.5. The largest absolute Gasteiger partial charge is 0.481 e. The first-order valence-electron chi connectivity index (χ1n) is 13.2. The van der Waals surface area contributed by atoms with Gasteiger partial charge in [0.25, 0.3) is 0 Å². The summed E-state index contributed by atoms with van der Waals surface area (Å²) in [4.78, 5) is 11.3. The quantitative estimate of drug-likeness (QED) is 0.139. The van der Waals surface area contributed by atoms with Crippen LogP contribution in [0.15, 0.2) is 0 Å². The second-order valence-corrected chi connectivity index (χ2v) is 9.75. The Morgan fingerprint density at radius 2 is 1.03 bits per heavy atom. The zero-order valence-electron chi connectivity index (χ0n) is 20.7. The van der Waals surface area contributed by atoms with Crippen LogP contribution in [-0.4, -0.2) is 54.0 Å². The molecule has 0 aromatic rings. The number of carbonyl (C=O) groups is 1. The Morgan fingerprint density at radius 3 is 1.37 bits per heavy atom. The van der Waals surface area contributed by atoms with E-state index >= 15 is 0 Å². The van der Waals surface area contributed by atoms with Crippen molar-refractivity contribution in [3.63, 3.8) is 0 Å². The highest BCUT2D eigenvalue weighted by Gasteiger charge is 2.25. The number of hydrogen-bond donors (Lipinski definition) is 2. The fraction of sp³-hybridized carbons (Fsp3) is 0.962. The van der Waals surface area contributed by atoms with Crippen molar-refractivity contribution in [2.45, 2.75) is 123 Å². The Bertz CT molecular complexity index is 366. The summed E-state index contributed by atoms with van der Waals surface area (Å²) in [6, 6.07) is 0. The van der Waals surface area contributed by atoms with Crippen molar-refractivity contribution >= 4 is 5.97 Å². The smallest absolute Gasteiger partial charge is 0.309 e. The summed E-state index contributed by atoms with van der Waals surface area (Å²) in [6.07, 6.45) is 21.8. The zero-order valence-corrected chi connectivity index (χ0v) is 20.7. The van der Waals surface area contributed by atoms with E-state index in [1.807, 2.05) is 0 Å². The lowest BCUT2D eigenvalue weighted by Crippen LogP contribution is -2.47. The monoisotopic (exact) mass is 428 g/mol. The molecule has 0 rings (SSSR count). The molecule has 0 aliphatic rings. The molecule has 1 unspecified atom stereocenters. The van der Waals surface area contributed by atoms with E-state index < -0.39 is 11.9 Å². The standard InChI is InChI=1S/C26H53NO3/c1-4-6-8-10-12-14-16-18-21-27(3,23-20-25(24-28)26(29)30)22-19-17-15-13-11-9-7-5-2/h25,28H,4-24H2,1-3H3/p+1. The van der Waals surface area contributed by atoms with Crippen molar-refractivity contribution in [3.05, 3.63) is 0 Å². The van der Waals surface area contributed by atoms with E-state index in [0.717, 1.165) is 24.1 Å². The lowest BCUT2D eigenvalue weighted by atomic mass is 10.0. The maximum Gasteiger partial charge on any atom is 0.309 e. The lowest BCUT2D eigenvalue weighted by molar-refractivity contribution is -0.910. The topological polar surface area (TPSA) is 57.5 Å². The van der Waals surface area contributed by atoms with Gasteiger partial charge < -0.3 is 14.7 Å². The van der Waals surface area contributed by atoms with Gasteiger partial charge in [-0.15, -0.1) is 0 Å². The van der Waals surface area contributed by atoms with Gasteiger partial charge in [-0.05, 0) is 25.7 Å². The van der Waals surface area contributed by atoms with Crippen LogP contribution in [0.4, 0.5) is 0 Å². The van der Waals surface area contributed by atoms with Crippen LogP contribution in [0, 0.1) is 5.92 Å². The Kier molecular flexibility index (Phi) is 19.9. The normalized spacial score (nSPS) is 12.9. The molecule has 180 valence electrons. The van der Waals surface area contributed by atoms with Gasteiger partial charge in [0, 0.05) is 6.42 Å². The van der Waals surface area contributed by atoms with E-state index in [1.54, 1.807) is 0 Å². The van der Waals surface area contributed by atoms with E-state index in [9.17, 15) is 15.0 Å². The third kappa shape index (κ3) is 17.1. The highest BCUT2D eigenvalue weighted by molar-refractivity contribution is 5.70. The molecule has 0 aliphatic carbocycles. The number of aliphatic hydroxyl groups excluding tert-OH is 1. The van der Waals surface area contributed by atoms with E-state index in [0.29, 0.717) is 6.42 Å². The van der Waals surface area contributed by atoms with Gasteiger partial charge in [0.15, 0.2) is 0 Å². The molecule has 0 heterocycles. The Morgan fingerprint density at radius 1 is 0.667 bits per heavy atom. The van der Waals surface area contributed by atoms with E-state index in [4.69, 9.17) is 0 Å². The number of nitrogens with zero attached hydrogens (tertiary/aromatic N) is 1. The number of carboxylic acids is 1. The molecule has 0 aliphatic heterocycles. The van der Waals surface area contributed by atoms with Crippen LogP contribution in [0.2, 0.25) is 0 Å². The molecular formula is C26H54NO3+. The molecule has 0 saturated heterocycles. The molecule has 0 aromatic heterocycles. The predicted octanol–water partition coefficient (Wildman–Crippen LogP) is 6.80. The minimum atomic E-state index is -0.858. The molecule has 0 fully saturated rings. The number of rotatable bonds is 23. The van der Waals surface area contributed by atoms with Crippen LogP contribution in [0.1, 0.15) is 123 Å². The van der Waals surface area contributed by atoms with Gasteiger partial charge in [0.05, 0.1) is 39.2 Å². The first kappa shape index (κ1) is 29.4. The molecule has 0 radical (unpaired) electrons. The molecule has 4 nitrogen and oxygen atoms in total. The van der Waals surface area contributed by atoms with Crippen molar-refractivity contribution < 1.29 is 19.5 Å². The number of aliphatic hydroxyl groups is 1. The van der Waals surface area contributed by atoms with Crippen LogP contribution in [0.25, 0.3) is 0 Å². The van der Waals surface area contributed by atoms with Gasteiger partial charge in [-0.25, -0.2) is 0 Å². The van der Waals surface area contributed by atoms with Gasteiger partial charge in [-0.1, -0.05) is 90.9 Å². The molecule has 0 amide bonds. The minimum Gasteiger partial charge on any atom is -0.481 e. The Hall–Kier alpha value is -0.610. The molecule has 30 heavy (non-hydrogen) atoms. The molecule has 0 aromatic carbocycles. The molecule has 2 N–H and O–H groups in total. The van der Waals surface area contributed by atoms with E-state index in [2.05, 4.69) is 20.9 Å². The van der Waals surface area contributed by atoms with Crippen molar-refractivity contribution in [2.24, 2.45) is 5.92 Å². The first-order valence-corrected chi connectivity index (χ1v) is 13.2. The van der Waals surface area contributed by atoms with E-state index in [-0.39, 0.29) is 6.61 Å². The number of unbranched alkanes of at least 4 members (excludes halogenated alkanes) is 14. The van der Waals surface area contributed by atoms with Crippen LogP contribution < -0.4 is 0 Å². The fourth-order valence-electron chi connectivity index (χ4n) is 4.35. The maximum atomic E-state index is 11.3. The summed E-state index contributed by atoms with van der Waals surface area (Å²) >= 11 is 0. The average Bonchev–Trinajstić information content (AvgIpc) is 2.72. The molecule has 0 spiro atoms. The second kappa shape index (κ2) is 20.3. The Labute approximate surface area is 188 Å². The third-order valence-electron chi connectivity index (χ3n) is 6.69. The van der Waals surface area contributed by atoms with Gasteiger partial charge in [-0.3, -0.25) is 4.79 Å². The summed E-state index contributed by atoms with van der Waals surface area (Å²) in [7, 11) is 2.30. The van der Waals surface area contributed by atoms with Crippen molar-refractivity contribution in [1.82, 2.24) is 0 Å². The lowest BCUT2D eigenvalue weighted by Gasteiger charge is -2.35. The van der Waals surface area contributed by atoms with Gasteiger partial charge in [0.1, 0.15) is 0 Å². The minimum absolute atomic E-state index is 0.245. The number of hydrogen-bond acceptors (Lipinski definition) is 2. The molecular weight excluding hydrogens is 374 g/mol. The maximum absolute atomic E-state index is 11.3. The second-order valence-electron chi connectivity index (χ2n) is 9.75. The Balaban J connectivity index is 4.25. The van der Waals surface area contributed by atoms with Crippen LogP contribution in [-0.2, 0) is 4.79 Å². The summed E-state index contributed by atoms with van der Waals surface area (Å²) in [5.74, 6) is -1.47. The predicted molar refractivity (Wildman–Crippen MR) is 129 cm³/mol. The van der Waals surface area contributed by atoms with Gasteiger partial charge >= 0.3 is 5.97 Å². The summed E-state index contributed by atoms with van der Waals surface area (Å²) in [6.45, 7) is 7.43. The summed E-state index contributed by atoms with van der Waals surface area (Å²) in [5.41, 5.74) is 0. The zero-order chi connectivity index (χ0) is 22.5. The van der Waals surface area contributed by atoms with Crippen LogP contribution in [0.3, 0.4) is 0 Å². The fourth-order valence-corrected chi connectivity index (χ4v) is 4.35. The SMILES string of the molecule is CCCCCCCCCC[N+](C)(CCCCCCCCCC)CCC(CO)C(=O)O. The van der Waals surface area contributed by atoms with Crippen molar-refractivity contribution in [2.75, 3.05) is 33.3 Å². The number of carboxylic acid groups (broad SMARTS) is 1. The average molecular weight is 429 g/mol. The number of quaternary nitrogens is 1. The highest BCUT2D eigenvalue weighted by atomic mass is 16.4. The van der Waals surface area contributed by atoms with Crippen molar-refractivity contribution in [1.29, 1.82) is 0 Å². The summed E-state index contributed by atoms with van der Waals surface area (Å²) < 4.78 is 0.968. The van der Waals surface area contributed by atoms with Gasteiger partial charge in [-0.2, -0.15) is 0 Å². The summed E-state index contributed by atoms with van der Waals surface area (Å²) in [5, 5.41) is 18.6. The van der Waals surface area contributed by atoms with Gasteiger partial charge in [0.2, 0.25) is 0 Å².